The summed E-state index contributed by atoms with van der Waals surface area (Å²) in [5.41, 5.74) is 0. The Morgan fingerprint density at radius 3 is 1.13 bits per heavy atom. The number of esters is 2. The van der Waals surface area contributed by atoms with Crippen molar-refractivity contribution >= 4 is 11.9 Å². The third kappa shape index (κ3) is 55.4. The molecule has 0 fully saturated rings. The molecule has 0 saturated heterocycles. The quantitative estimate of drug-likeness (QED) is 0.0345. The lowest BCUT2D eigenvalue weighted by atomic mass is 10.1. The second kappa shape index (κ2) is 58.1. The molecule has 0 aromatic rings. The number of rotatable bonds is 52. The topological polar surface area (TPSA) is 61.8 Å². The SMILES string of the molecule is CC/C=C\C/C=C\C/C=C\C/C=C\C/C=C\C/C=C\CCC(=O)OCC(COCCCCCCCC/C=C\CCCCCC)OC(=O)CCCCCCCCCCC/C=C\CCCCCCCC. The molecule has 68 heavy (non-hydrogen) atoms. The molecule has 0 spiro atoms. The van der Waals surface area contributed by atoms with Crippen molar-refractivity contribution in [1.29, 1.82) is 0 Å². The molecule has 0 rings (SSSR count). The number of carbonyl (C=O) groups excluding carboxylic acids is 2. The van der Waals surface area contributed by atoms with E-state index >= 15 is 0 Å². The Hall–Kier alpha value is -3.18. The van der Waals surface area contributed by atoms with Crippen molar-refractivity contribution < 1.29 is 23.8 Å². The number of carbonyl (C=O) groups is 2. The molecule has 5 heteroatoms. The van der Waals surface area contributed by atoms with Crippen LogP contribution in [0.2, 0.25) is 0 Å². The highest BCUT2D eigenvalue weighted by Crippen LogP contribution is 2.14. The van der Waals surface area contributed by atoms with Crippen LogP contribution < -0.4 is 0 Å². The highest BCUT2D eigenvalue weighted by Gasteiger charge is 2.17. The molecule has 0 aromatic heterocycles. The first-order valence-corrected chi connectivity index (χ1v) is 28.8. The molecule has 0 aromatic carbocycles. The predicted molar refractivity (Wildman–Crippen MR) is 297 cm³/mol. The Morgan fingerprint density at radius 2 is 0.691 bits per heavy atom. The van der Waals surface area contributed by atoms with E-state index < -0.39 is 6.10 Å². The van der Waals surface area contributed by atoms with Gasteiger partial charge in [0, 0.05) is 19.4 Å². The number of hydrogen-bond donors (Lipinski definition) is 0. The van der Waals surface area contributed by atoms with E-state index in [0.717, 1.165) is 70.6 Å². The minimum Gasteiger partial charge on any atom is -0.462 e. The molecule has 0 saturated carbocycles. The average molecular weight is 946 g/mol. The minimum absolute atomic E-state index is 0.0387. The van der Waals surface area contributed by atoms with Crippen LogP contribution in [0.25, 0.3) is 0 Å². The molecular weight excluding hydrogens is 837 g/mol. The van der Waals surface area contributed by atoms with E-state index in [1.54, 1.807) is 0 Å². The lowest BCUT2D eigenvalue weighted by molar-refractivity contribution is -0.162. The molecule has 5 nitrogen and oxygen atoms in total. The van der Waals surface area contributed by atoms with E-state index in [0.29, 0.717) is 25.9 Å². The summed E-state index contributed by atoms with van der Waals surface area (Å²) in [7, 11) is 0. The van der Waals surface area contributed by atoms with Gasteiger partial charge in [0.1, 0.15) is 6.61 Å². The highest BCUT2D eigenvalue weighted by molar-refractivity contribution is 5.70. The molecule has 0 radical (unpaired) electrons. The van der Waals surface area contributed by atoms with Gasteiger partial charge < -0.3 is 14.2 Å². The normalized spacial score (nSPS) is 12.9. The fraction of sp³-hybridized carbons (Fsp3) is 0.714. The average Bonchev–Trinajstić information content (AvgIpc) is 3.34. The van der Waals surface area contributed by atoms with Gasteiger partial charge in [0.2, 0.25) is 0 Å². The standard InChI is InChI=1S/C63H108O5/c1-4-7-10-13-16-19-22-25-28-30-32-34-36-38-41-44-47-50-53-56-62(64)67-60-61(59-66-58-55-52-49-46-43-40-27-24-21-18-15-12-9-6-3)68-63(65)57-54-51-48-45-42-39-37-35-33-31-29-26-23-20-17-14-11-8-5-2/h7,10,16,19,21,24-26,28-29,32,34,38,41,47,50,61H,4-6,8-9,11-15,17-18,20,22-23,27,30-31,33,35-37,39-40,42-46,48-49,51-60H2,1-3H3/b10-7-,19-16-,24-21-,28-25-,29-26-,34-32-,41-38-,50-47-. The smallest absolute Gasteiger partial charge is 0.306 e. The zero-order chi connectivity index (χ0) is 49.2. The Balaban J connectivity index is 4.38. The number of ether oxygens (including phenoxy) is 3. The number of unbranched alkanes of at least 4 members (excludes halogenated alkanes) is 25. The van der Waals surface area contributed by atoms with Gasteiger partial charge in [0.15, 0.2) is 6.10 Å². The van der Waals surface area contributed by atoms with Crippen molar-refractivity contribution in [3.63, 3.8) is 0 Å². The molecule has 0 aliphatic rings. The monoisotopic (exact) mass is 945 g/mol. The van der Waals surface area contributed by atoms with Gasteiger partial charge in [-0.1, -0.05) is 240 Å². The maximum Gasteiger partial charge on any atom is 0.306 e. The third-order valence-electron chi connectivity index (χ3n) is 12.1. The largest absolute Gasteiger partial charge is 0.462 e. The van der Waals surface area contributed by atoms with Gasteiger partial charge in [-0.2, -0.15) is 0 Å². The van der Waals surface area contributed by atoms with E-state index in [1.165, 1.54) is 154 Å². The molecule has 0 amide bonds. The van der Waals surface area contributed by atoms with Crippen molar-refractivity contribution in [2.75, 3.05) is 19.8 Å². The summed E-state index contributed by atoms with van der Waals surface area (Å²) in [6, 6.07) is 0. The maximum atomic E-state index is 12.9. The van der Waals surface area contributed by atoms with E-state index in [4.69, 9.17) is 14.2 Å². The van der Waals surface area contributed by atoms with Crippen LogP contribution in [0.15, 0.2) is 97.2 Å². The van der Waals surface area contributed by atoms with Crippen molar-refractivity contribution in [1.82, 2.24) is 0 Å². The van der Waals surface area contributed by atoms with Crippen LogP contribution in [-0.2, 0) is 23.8 Å². The fourth-order valence-electron chi connectivity index (χ4n) is 7.82. The Labute approximate surface area is 422 Å². The van der Waals surface area contributed by atoms with Crippen molar-refractivity contribution in [2.24, 2.45) is 0 Å². The summed E-state index contributed by atoms with van der Waals surface area (Å²) in [4.78, 5) is 25.5. The summed E-state index contributed by atoms with van der Waals surface area (Å²) in [6.45, 7) is 7.62. The van der Waals surface area contributed by atoms with Crippen LogP contribution in [0.4, 0.5) is 0 Å². The van der Waals surface area contributed by atoms with Crippen molar-refractivity contribution in [3.05, 3.63) is 97.2 Å². The summed E-state index contributed by atoms with van der Waals surface area (Å²) in [5, 5.41) is 0. The zero-order valence-electron chi connectivity index (χ0n) is 44.8. The Kier molecular flexibility index (Phi) is 55.4. The van der Waals surface area contributed by atoms with Gasteiger partial charge in [-0.25, -0.2) is 0 Å². The molecule has 1 atom stereocenters. The first-order chi connectivity index (χ1) is 33.6. The van der Waals surface area contributed by atoms with Gasteiger partial charge in [-0.15, -0.1) is 0 Å². The van der Waals surface area contributed by atoms with E-state index in [2.05, 4.69) is 112 Å². The lowest BCUT2D eigenvalue weighted by Crippen LogP contribution is -2.30. The van der Waals surface area contributed by atoms with Crippen LogP contribution in [0.3, 0.4) is 0 Å². The fourth-order valence-corrected chi connectivity index (χ4v) is 7.82. The lowest BCUT2D eigenvalue weighted by Gasteiger charge is -2.18. The molecule has 0 N–H and O–H groups in total. The first-order valence-electron chi connectivity index (χ1n) is 28.8. The van der Waals surface area contributed by atoms with E-state index in [-0.39, 0.29) is 25.2 Å². The molecule has 0 aliphatic carbocycles. The molecular formula is C63H108O5. The number of allylic oxidation sites excluding steroid dienone is 16. The van der Waals surface area contributed by atoms with Gasteiger partial charge in [-0.3, -0.25) is 9.59 Å². The van der Waals surface area contributed by atoms with Crippen molar-refractivity contribution in [3.8, 4) is 0 Å². The highest BCUT2D eigenvalue weighted by atomic mass is 16.6. The third-order valence-corrected chi connectivity index (χ3v) is 12.1. The summed E-state index contributed by atoms with van der Waals surface area (Å²) >= 11 is 0. The summed E-state index contributed by atoms with van der Waals surface area (Å²) in [6.07, 6.45) is 78.7. The van der Waals surface area contributed by atoms with Gasteiger partial charge in [0.05, 0.1) is 6.61 Å². The van der Waals surface area contributed by atoms with Crippen LogP contribution in [0.5, 0.6) is 0 Å². The second-order valence-electron chi connectivity index (χ2n) is 18.8. The Bertz CT molecular complexity index is 1300. The van der Waals surface area contributed by atoms with E-state index in [9.17, 15) is 9.59 Å². The number of hydrogen-bond acceptors (Lipinski definition) is 5. The summed E-state index contributed by atoms with van der Waals surface area (Å²) in [5.74, 6) is -0.497. The first kappa shape index (κ1) is 64.8. The second-order valence-corrected chi connectivity index (χ2v) is 18.8. The predicted octanol–water partition coefficient (Wildman–Crippen LogP) is 19.8. The Morgan fingerprint density at radius 1 is 0.338 bits per heavy atom. The molecule has 390 valence electrons. The van der Waals surface area contributed by atoms with Crippen LogP contribution in [-0.4, -0.2) is 37.9 Å². The maximum absolute atomic E-state index is 12.9. The van der Waals surface area contributed by atoms with Crippen molar-refractivity contribution in [2.45, 2.75) is 271 Å². The van der Waals surface area contributed by atoms with E-state index in [1.807, 2.05) is 6.08 Å². The zero-order valence-corrected chi connectivity index (χ0v) is 44.8. The van der Waals surface area contributed by atoms with Crippen LogP contribution in [0.1, 0.15) is 265 Å². The van der Waals surface area contributed by atoms with Crippen LogP contribution in [0, 0.1) is 0 Å². The van der Waals surface area contributed by atoms with Crippen LogP contribution >= 0.6 is 0 Å². The van der Waals surface area contributed by atoms with Gasteiger partial charge in [0.25, 0.3) is 0 Å². The molecule has 0 aliphatic heterocycles. The molecule has 0 heterocycles. The minimum atomic E-state index is -0.576. The van der Waals surface area contributed by atoms with Gasteiger partial charge >= 0.3 is 11.9 Å². The molecule has 1 unspecified atom stereocenters. The summed E-state index contributed by atoms with van der Waals surface area (Å²) < 4.78 is 17.4. The van der Waals surface area contributed by atoms with Gasteiger partial charge in [-0.05, 0) is 109 Å². The molecule has 0 bridgehead atoms.